The number of esters is 1. The van der Waals surface area contributed by atoms with Gasteiger partial charge in [-0.1, -0.05) is 11.6 Å². The summed E-state index contributed by atoms with van der Waals surface area (Å²) in [4.78, 5) is 46.9. The normalized spacial score (nSPS) is 12.8. The van der Waals surface area contributed by atoms with Crippen molar-refractivity contribution in [3.63, 3.8) is 0 Å². The number of rotatable bonds is 5. The van der Waals surface area contributed by atoms with Gasteiger partial charge in [-0.15, -0.1) is 0 Å². The van der Waals surface area contributed by atoms with Gasteiger partial charge in [-0.2, -0.15) is 0 Å². The Hall–Kier alpha value is -3.53. The topological polar surface area (TPSA) is 133 Å². The van der Waals surface area contributed by atoms with Crippen LogP contribution in [0.15, 0.2) is 36.4 Å². The minimum Gasteiger partial charge on any atom is -0.452 e. The molecule has 1 aliphatic heterocycles. The molecule has 0 bridgehead atoms. The molecule has 150 valence electrons. The van der Waals surface area contributed by atoms with Gasteiger partial charge < -0.3 is 9.64 Å². The molecule has 0 atom stereocenters. The first-order chi connectivity index (χ1) is 13.8. The van der Waals surface area contributed by atoms with Crippen molar-refractivity contribution in [1.29, 1.82) is 0 Å². The largest absolute Gasteiger partial charge is 0.452 e. The lowest BCUT2D eigenvalue weighted by Crippen LogP contribution is -2.38. The number of amides is 1. The van der Waals surface area contributed by atoms with Gasteiger partial charge in [0.2, 0.25) is 0 Å². The highest BCUT2D eigenvalue weighted by Crippen LogP contribution is 2.30. The third-order valence-corrected chi connectivity index (χ3v) is 4.63. The Labute approximate surface area is 168 Å². The van der Waals surface area contributed by atoms with Crippen LogP contribution in [-0.2, 0) is 16.0 Å². The maximum atomic E-state index is 12.5. The lowest BCUT2D eigenvalue weighted by atomic mass is 10.0. The molecule has 1 amide bonds. The molecular weight excluding hydrogens is 406 g/mol. The lowest BCUT2D eigenvalue weighted by molar-refractivity contribution is -0.385. The van der Waals surface area contributed by atoms with Crippen molar-refractivity contribution < 1.29 is 24.2 Å². The molecule has 0 N–H and O–H groups in total. The Morgan fingerprint density at radius 2 is 1.86 bits per heavy atom. The molecular formula is C18H14ClN3O7. The van der Waals surface area contributed by atoms with Crippen molar-refractivity contribution in [2.24, 2.45) is 0 Å². The molecule has 0 aromatic heterocycles. The molecule has 29 heavy (non-hydrogen) atoms. The average Bonchev–Trinajstić information content (AvgIpc) is 2.70. The fourth-order valence-corrected chi connectivity index (χ4v) is 3.23. The average molecular weight is 420 g/mol. The first kappa shape index (κ1) is 20.2. The number of benzene rings is 2. The minimum atomic E-state index is -1.03. The zero-order valence-corrected chi connectivity index (χ0v) is 15.6. The summed E-state index contributed by atoms with van der Waals surface area (Å²) in [6, 6.07) is 7.68. The number of halogens is 1. The highest BCUT2D eigenvalue weighted by Gasteiger charge is 2.27. The van der Waals surface area contributed by atoms with Crippen LogP contribution < -0.4 is 4.90 Å². The Bertz CT molecular complexity index is 1020. The van der Waals surface area contributed by atoms with E-state index in [-0.39, 0.29) is 16.3 Å². The van der Waals surface area contributed by atoms with Crippen LogP contribution in [0.1, 0.15) is 22.3 Å². The summed E-state index contributed by atoms with van der Waals surface area (Å²) in [5.41, 5.74) is 0.255. The Morgan fingerprint density at radius 3 is 2.55 bits per heavy atom. The number of ether oxygens (including phenoxy) is 1. The molecule has 2 aromatic rings. The van der Waals surface area contributed by atoms with Gasteiger partial charge in [0, 0.05) is 35.5 Å². The maximum absolute atomic E-state index is 12.5. The molecule has 0 fully saturated rings. The number of nitrogens with zero attached hydrogens (tertiary/aromatic N) is 3. The van der Waals surface area contributed by atoms with Gasteiger partial charge in [0.15, 0.2) is 6.61 Å². The number of hydrogen-bond donors (Lipinski definition) is 0. The SMILES string of the molecule is O=C(OCC(=O)N1CCCc2cc([N+](=O)[O-])ccc21)c1ccc(Cl)cc1[N+](=O)[O-]. The molecule has 0 saturated carbocycles. The summed E-state index contributed by atoms with van der Waals surface area (Å²) in [7, 11) is 0. The van der Waals surface area contributed by atoms with Crippen LogP contribution in [0.5, 0.6) is 0 Å². The zero-order valence-electron chi connectivity index (χ0n) is 14.9. The predicted octanol–water partition coefficient (Wildman–Crippen LogP) is 3.29. The molecule has 0 unspecified atom stereocenters. The van der Waals surface area contributed by atoms with E-state index in [2.05, 4.69) is 0 Å². The summed E-state index contributed by atoms with van der Waals surface area (Å²) in [5.74, 6) is -1.56. The number of nitro groups is 2. The monoisotopic (exact) mass is 419 g/mol. The second-order valence-corrected chi connectivity index (χ2v) is 6.65. The minimum absolute atomic E-state index is 0.0699. The number of anilines is 1. The molecule has 0 spiro atoms. The fraction of sp³-hybridized carbons (Fsp3) is 0.222. The summed E-state index contributed by atoms with van der Waals surface area (Å²) in [6.07, 6.45) is 1.17. The highest BCUT2D eigenvalue weighted by atomic mass is 35.5. The van der Waals surface area contributed by atoms with Gasteiger partial charge in [-0.25, -0.2) is 4.79 Å². The third-order valence-electron chi connectivity index (χ3n) is 4.40. The van der Waals surface area contributed by atoms with E-state index in [1.807, 2.05) is 0 Å². The Balaban J connectivity index is 1.73. The van der Waals surface area contributed by atoms with E-state index in [9.17, 15) is 29.8 Å². The summed E-state index contributed by atoms with van der Waals surface area (Å²) < 4.78 is 4.96. The highest BCUT2D eigenvalue weighted by molar-refractivity contribution is 6.31. The van der Waals surface area contributed by atoms with Gasteiger partial charge in [0.25, 0.3) is 17.3 Å². The summed E-state index contributed by atoms with van der Waals surface area (Å²) >= 11 is 5.71. The van der Waals surface area contributed by atoms with E-state index in [1.54, 1.807) is 0 Å². The molecule has 3 rings (SSSR count). The summed E-state index contributed by atoms with van der Waals surface area (Å²) in [5, 5.41) is 22.1. The number of aryl methyl sites for hydroxylation is 1. The van der Waals surface area contributed by atoms with Crippen LogP contribution >= 0.6 is 11.6 Å². The van der Waals surface area contributed by atoms with E-state index in [4.69, 9.17) is 16.3 Å². The summed E-state index contributed by atoms with van der Waals surface area (Å²) in [6.45, 7) is -0.267. The molecule has 0 saturated heterocycles. The molecule has 0 radical (unpaired) electrons. The molecule has 1 heterocycles. The first-order valence-corrected chi connectivity index (χ1v) is 8.84. The van der Waals surface area contributed by atoms with Gasteiger partial charge in [0.05, 0.1) is 9.85 Å². The number of carbonyl (C=O) groups is 2. The molecule has 0 aliphatic carbocycles. The van der Waals surface area contributed by atoms with Gasteiger partial charge in [-0.05, 0) is 36.6 Å². The standard InChI is InChI=1S/C18H14ClN3O7/c19-12-3-5-14(16(9-12)22(27)28)18(24)29-10-17(23)20-7-1-2-11-8-13(21(25)26)4-6-15(11)20/h3-6,8-9H,1-2,7,10H2. The van der Waals surface area contributed by atoms with Crippen molar-refractivity contribution in [3.05, 3.63) is 72.8 Å². The van der Waals surface area contributed by atoms with E-state index >= 15 is 0 Å². The van der Waals surface area contributed by atoms with Crippen LogP contribution in [0.4, 0.5) is 17.1 Å². The van der Waals surface area contributed by atoms with E-state index < -0.39 is 34.0 Å². The van der Waals surface area contributed by atoms with Crippen LogP contribution in [0.25, 0.3) is 0 Å². The van der Waals surface area contributed by atoms with Crippen LogP contribution in [0, 0.1) is 20.2 Å². The second kappa shape index (κ2) is 8.23. The van der Waals surface area contributed by atoms with Crippen molar-refractivity contribution in [1.82, 2.24) is 0 Å². The van der Waals surface area contributed by atoms with Crippen LogP contribution in [0.3, 0.4) is 0 Å². The van der Waals surface area contributed by atoms with E-state index in [1.165, 1.54) is 29.2 Å². The number of hydrogen-bond acceptors (Lipinski definition) is 7. The molecule has 1 aliphatic rings. The van der Waals surface area contributed by atoms with Crippen molar-refractivity contribution in [2.45, 2.75) is 12.8 Å². The van der Waals surface area contributed by atoms with Gasteiger partial charge in [0.1, 0.15) is 5.56 Å². The third kappa shape index (κ3) is 4.32. The van der Waals surface area contributed by atoms with Gasteiger partial charge in [-0.3, -0.25) is 25.0 Å². The van der Waals surface area contributed by atoms with Crippen LogP contribution in [-0.4, -0.2) is 34.9 Å². The first-order valence-electron chi connectivity index (χ1n) is 8.46. The second-order valence-electron chi connectivity index (χ2n) is 6.21. The van der Waals surface area contributed by atoms with E-state index in [0.717, 1.165) is 12.1 Å². The predicted molar refractivity (Wildman–Crippen MR) is 102 cm³/mol. The number of carbonyl (C=O) groups excluding carboxylic acids is 2. The Morgan fingerprint density at radius 1 is 1.10 bits per heavy atom. The Kier molecular flexibility index (Phi) is 5.74. The fourth-order valence-electron chi connectivity index (χ4n) is 3.07. The smallest absolute Gasteiger partial charge is 0.345 e. The maximum Gasteiger partial charge on any atom is 0.345 e. The zero-order chi connectivity index (χ0) is 21.1. The van der Waals surface area contributed by atoms with Crippen molar-refractivity contribution in [3.8, 4) is 0 Å². The number of nitro benzene ring substituents is 2. The number of non-ortho nitro benzene ring substituents is 1. The van der Waals surface area contributed by atoms with Crippen molar-refractivity contribution >= 4 is 40.5 Å². The molecule has 2 aromatic carbocycles. The van der Waals surface area contributed by atoms with Gasteiger partial charge >= 0.3 is 5.97 Å². The van der Waals surface area contributed by atoms with Crippen LogP contribution in [0.2, 0.25) is 5.02 Å². The van der Waals surface area contributed by atoms with E-state index in [0.29, 0.717) is 30.6 Å². The lowest BCUT2D eigenvalue weighted by Gasteiger charge is -2.29. The van der Waals surface area contributed by atoms with Crippen molar-refractivity contribution in [2.75, 3.05) is 18.1 Å². The quantitative estimate of drug-likeness (QED) is 0.412. The number of fused-ring (bicyclic) bond motifs is 1. The molecule has 11 heteroatoms. The molecule has 10 nitrogen and oxygen atoms in total.